The van der Waals surface area contributed by atoms with E-state index < -0.39 is 27.4 Å². The molecule has 0 aliphatic rings. The summed E-state index contributed by atoms with van der Waals surface area (Å²) in [6.45, 7) is 0. The zero-order valence-electron chi connectivity index (χ0n) is 13.7. The zero-order chi connectivity index (χ0) is 20.1. The van der Waals surface area contributed by atoms with Gasteiger partial charge in [0.1, 0.15) is 5.65 Å². The van der Waals surface area contributed by atoms with Crippen LogP contribution in [0.15, 0.2) is 49.1 Å². The van der Waals surface area contributed by atoms with E-state index in [-0.39, 0.29) is 5.69 Å². The normalized spacial score (nSPS) is 11.9. The Balaban J connectivity index is 1.87. The lowest BCUT2D eigenvalue weighted by Crippen LogP contribution is -2.09. The van der Waals surface area contributed by atoms with Crippen molar-refractivity contribution in [3.05, 3.63) is 69.8 Å². The van der Waals surface area contributed by atoms with Crippen molar-refractivity contribution in [2.75, 3.05) is 0 Å². The van der Waals surface area contributed by atoms with Crippen molar-refractivity contribution in [1.29, 1.82) is 0 Å². The highest BCUT2D eigenvalue weighted by Gasteiger charge is 2.35. The molecule has 0 radical (unpaired) electrons. The zero-order valence-corrected chi connectivity index (χ0v) is 14.5. The first-order chi connectivity index (χ1) is 13.3. The Labute approximate surface area is 159 Å². The van der Waals surface area contributed by atoms with Crippen LogP contribution in [0.1, 0.15) is 5.56 Å². The lowest BCUT2D eigenvalue weighted by molar-refractivity contribution is -0.384. The number of aromatic nitrogens is 4. The number of hydrogen-bond donors (Lipinski definition) is 1. The lowest BCUT2D eigenvalue weighted by atomic mass is 10.1. The van der Waals surface area contributed by atoms with Gasteiger partial charge in [0, 0.05) is 35.6 Å². The summed E-state index contributed by atoms with van der Waals surface area (Å²) in [7, 11) is 0. The number of H-pyrrole nitrogens is 1. The molecule has 0 aliphatic heterocycles. The van der Waals surface area contributed by atoms with Crippen LogP contribution in [-0.2, 0) is 6.18 Å². The Morgan fingerprint density at radius 2 is 2.04 bits per heavy atom. The van der Waals surface area contributed by atoms with Gasteiger partial charge >= 0.3 is 6.18 Å². The third kappa shape index (κ3) is 2.97. The predicted molar refractivity (Wildman–Crippen MR) is 95.3 cm³/mol. The molecule has 0 atom stereocenters. The summed E-state index contributed by atoms with van der Waals surface area (Å²) in [6.07, 6.45) is 1.43. The molecule has 4 aromatic rings. The van der Waals surface area contributed by atoms with E-state index in [2.05, 4.69) is 15.1 Å². The number of rotatable bonds is 3. The predicted octanol–water partition coefficient (Wildman–Crippen LogP) is 5.00. The number of hydrogen-bond acceptors (Lipinski definition) is 4. The molecule has 3 aromatic heterocycles. The smallest absolute Gasteiger partial charge is 0.346 e. The molecule has 0 amide bonds. The Hall–Kier alpha value is -3.40. The molecule has 0 saturated heterocycles. The van der Waals surface area contributed by atoms with Gasteiger partial charge in [-0.05, 0) is 23.8 Å². The molecule has 142 valence electrons. The highest BCUT2D eigenvalue weighted by atomic mass is 35.5. The van der Waals surface area contributed by atoms with Crippen LogP contribution in [0, 0.1) is 10.1 Å². The number of nitrogens with zero attached hydrogens (tertiary/aromatic N) is 4. The lowest BCUT2D eigenvalue weighted by Gasteiger charge is -2.11. The maximum absolute atomic E-state index is 13.0. The largest absolute Gasteiger partial charge is 0.416 e. The number of nitro benzene ring substituents is 1. The molecule has 1 N–H and O–H groups in total. The highest BCUT2D eigenvalue weighted by Crippen LogP contribution is 2.39. The Kier molecular flexibility index (Phi) is 4.07. The number of fused-ring (bicyclic) bond motifs is 1. The van der Waals surface area contributed by atoms with Crippen molar-refractivity contribution in [2.45, 2.75) is 6.18 Å². The van der Waals surface area contributed by atoms with Gasteiger partial charge in [-0.3, -0.25) is 10.1 Å². The minimum absolute atomic E-state index is 0.245. The van der Waals surface area contributed by atoms with Gasteiger partial charge in [-0.15, -0.1) is 0 Å². The van der Waals surface area contributed by atoms with Crippen molar-refractivity contribution in [3.8, 4) is 16.8 Å². The summed E-state index contributed by atoms with van der Waals surface area (Å²) >= 11 is 5.97. The topological polar surface area (TPSA) is 89.6 Å². The van der Waals surface area contributed by atoms with Gasteiger partial charge in [0.2, 0.25) is 0 Å². The number of benzene rings is 1. The van der Waals surface area contributed by atoms with Crippen LogP contribution in [0.3, 0.4) is 0 Å². The fourth-order valence-electron chi connectivity index (χ4n) is 2.91. The summed E-state index contributed by atoms with van der Waals surface area (Å²) in [5.41, 5.74) is -0.256. The molecule has 0 saturated carbocycles. The molecule has 7 nitrogen and oxygen atoms in total. The fraction of sp³-hybridized carbons (Fsp3) is 0.0588. The molecule has 3 heterocycles. The van der Waals surface area contributed by atoms with Gasteiger partial charge in [-0.2, -0.15) is 18.3 Å². The summed E-state index contributed by atoms with van der Waals surface area (Å²) in [6, 6.07) is 4.63. The molecule has 1 aromatic carbocycles. The minimum atomic E-state index is -4.76. The van der Waals surface area contributed by atoms with E-state index in [1.54, 1.807) is 18.5 Å². The van der Waals surface area contributed by atoms with Crippen molar-refractivity contribution in [3.63, 3.8) is 0 Å². The maximum atomic E-state index is 13.0. The van der Waals surface area contributed by atoms with E-state index in [0.29, 0.717) is 23.3 Å². The van der Waals surface area contributed by atoms with Crippen LogP contribution in [0.5, 0.6) is 0 Å². The Bertz CT molecular complexity index is 1220. The minimum Gasteiger partial charge on any atom is -0.346 e. The highest BCUT2D eigenvalue weighted by molar-refractivity contribution is 6.33. The third-order valence-corrected chi connectivity index (χ3v) is 4.44. The summed E-state index contributed by atoms with van der Waals surface area (Å²) in [5.74, 6) is 0. The molecule has 0 bridgehead atoms. The molecular weight excluding hydrogens is 399 g/mol. The number of aromatic amines is 1. The van der Waals surface area contributed by atoms with Crippen LogP contribution in [0.2, 0.25) is 5.02 Å². The summed E-state index contributed by atoms with van der Waals surface area (Å²) in [4.78, 5) is 17.6. The second kappa shape index (κ2) is 6.34. The Morgan fingerprint density at radius 3 is 2.75 bits per heavy atom. The summed E-state index contributed by atoms with van der Waals surface area (Å²) in [5, 5.41) is 15.8. The Morgan fingerprint density at radius 1 is 1.25 bits per heavy atom. The van der Waals surface area contributed by atoms with Crippen LogP contribution in [0.25, 0.3) is 27.8 Å². The average Bonchev–Trinajstić information content (AvgIpc) is 3.29. The SMILES string of the molecule is O=[N+]([O-])c1cc(C(F)(F)F)cc(Cl)c1-n1cc(-c2ccnc3[nH]ccc23)cn1. The van der Waals surface area contributed by atoms with Crippen molar-refractivity contribution in [1.82, 2.24) is 19.7 Å². The van der Waals surface area contributed by atoms with E-state index in [0.717, 1.165) is 15.6 Å². The van der Waals surface area contributed by atoms with Crippen LogP contribution >= 0.6 is 11.6 Å². The average molecular weight is 408 g/mol. The molecule has 0 fully saturated rings. The summed E-state index contributed by atoms with van der Waals surface area (Å²) < 4.78 is 40.0. The number of halogens is 4. The monoisotopic (exact) mass is 407 g/mol. The van der Waals surface area contributed by atoms with E-state index in [1.807, 2.05) is 6.07 Å². The van der Waals surface area contributed by atoms with Crippen molar-refractivity contribution >= 4 is 28.3 Å². The second-order valence-electron chi connectivity index (χ2n) is 5.85. The van der Waals surface area contributed by atoms with Crippen LogP contribution < -0.4 is 0 Å². The first-order valence-electron chi connectivity index (χ1n) is 7.78. The number of nitro groups is 1. The molecule has 0 aliphatic carbocycles. The van der Waals surface area contributed by atoms with E-state index >= 15 is 0 Å². The van der Waals surface area contributed by atoms with Crippen LogP contribution in [0.4, 0.5) is 18.9 Å². The van der Waals surface area contributed by atoms with Gasteiger partial charge in [-0.1, -0.05) is 11.6 Å². The van der Waals surface area contributed by atoms with E-state index in [9.17, 15) is 23.3 Å². The van der Waals surface area contributed by atoms with Gasteiger partial charge < -0.3 is 4.98 Å². The second-order valence-corrected chi connectivity index (χ2v) is 6.26. The van der Waals surface area contributed by atoms with E-state index in [1.165, 1.54) is 12.4 Å². The van der Waals surface area contributed by atoms with E-state index in [4.69, 9.17) is 11.6 Å². The van der Waals surface area contributed by atoms with Crippen molar-refractivity contribution in [2.24, 2.45) is 0 Å². The van der Waals surface area contributed by atoms with Gasteiger partial charge in [-0.25, -0.2) is 9.67 Å². The first-order valence-corrected chi connectivity index (χ1v) is 8.16. The molecule has 11 heteroatoms. The fourth-order valence-corrected chi connectivity index (χ4v) is 3.21. The van der Waals surface area contributed by atoms with Gasteiger partial charge in [0.05, 0.1) is 21.7 Å². The van der Waals surface area contributed by atoms with Crippen molar-refractivity contribution < 1.29 is 18.1 Å². The van der Waals surface area contributed by atoms with Crippen LogP contribution in [-0.4, -0.2) is 24.7 Å². The third-order valence-electron chi connectivity index (χ3n) is 4.15. The molecule has 4 rings (SSSR count). The molecule has 0 unspecified atom stereocenters. The van der Waals surface area contributed by atoms with Gasteiger partial charge in [0.25, 0.3) is 5.69 Å². The maximum Gasteiger partial charge on any atom is 0.416 e. The molecular formula is C17H9ClF3N5O2. The standard InChI is InChI=1S/C17H9ClF3N5O2/c18-13-5-10(17(19,20)21)6-14(26(27)28)15(13)25-8-9(7-24-25)11-1-3-22-16-12(11)2-4-23-16/h1-8H,(H,22,23). The number of nitrogens with one attached hydrogen (secondary N) is 1. The first kappa shape index (κ1) is 18.0. The molecule has 28 heavy (non-hydrogen) atoms. The quantitative estimate of drug-likeness (QED) is 0.382. The number of alkyl halides is 3. The van der Waals surface area contributed by atoms with Gasteiger partial charge in [0.15, 0.2) is 5.69 Å². The molecule has 0 spiro atoms. The number of pyridine rings is 1.